The van der Waals surface area contributed by atoms with Gasteiger partial charge in [0.1, 0.15) is 11.3 Å². The molecule has 0 bridgehead atoms. The van der Waals surface area contributed by atoms with E-state index in [-0.39, 0.29) is 5.75 Å². The highest BCUT2D eigenvalue weighted by atomic mass is 79.9. The lowest BCUT2D eigenvalue weighted by atomic mass is 9.87. The zero-order valence-corrected chi connectivity index (χ0v) is 11.2. The van der Waals surface area contributed by atoms with Crippen LogP contribution in [0.3, 0.4) is 0 Å². The van der Waals surface area contributed by atoms with Gasteiger partial charge in [0.05, 0.1) is 0 Å². The van der Waals surface area contributed by atoms with Crippen molar-refractivity contribution in [1.29, 1.82) is 0 Å². The maximum atomic E-state index is 10.6. The Morgan fingerprint density at radius 3 is 2.65 bits per heavy atom. The summed E-state index contributed by atoms with van der Waals surface area (Å²) in [6.07, 6.45) is 5.30. The van der Waals surface area contributed by atoms with E-state index in [1.165, 1.54) is 0 Å². The zero-order chi connectivity index (χ0) is 12.5. The summed E-state index contributed by atoms with van der Waals surface area (Å²) < 4.78 is 0.928. The minimum atomic E-state index is -0.567. The summed E-state index contributed by atoms with van der Waals surface area (Å²) in [7, 11) is 0. The van der Waals surface area contributed by atoms with Gasteiger partial charge in [0, 0.05) is 10.0 Å². The van der Waals surface area contributed by atoms with Crippen molar-refractivity contribution in [2.75, 3.05) is 0 Å². The average Bonchev–Trinajstić information content (AvgIpc) is 2.73. The van der Waals surface area contributed by atoms with Gasteiger partial charge in [-0.05, 0) is 37.5 Å². The molecule has 4 heteroatoms. The first-order valence-electron chi connectivity index (χ1n) is 5.68. The highest BCUT2D eigenvalue weighted by Gasteiger charge is 2.38. The SMILES string of the molecule is Cc1cc(O)c(C2(N=C=O)CCCC2)cc1Br. The number of halogens is 1. The van der Waals surface area contributed by atoms with E-state index in [1.54, 1.807) is 12.1 Å². The van der Waals surface area contributed by atoms with Gasteiger partial charge < -0.3 is 5.11 Å². The Labute approximate surface area is 109 Å². The highest BCUT2D eigenvalue weighted by molar-refractivity contribution is 9.10. The van der Waals surface area contributed by atoms with Gasteiger partial charge in [0.2, 0.25) is 6.08 Å². The second-order valence-corrected chi connectivity index (χ2v) is 5.41. The van der Waals surface area contributed by atoms with Crippen LogP contribution in [0.15, 0.2) is 21.6 Å². The van der Waals surface area contributed by atoms with Crippen molar-refractivity contribution < 1.29 is 9.90 Å². The van der Waals surface area contributed by atoms with E-state index in [1.807, 2.05) is 13.0 Å². The van der Waals surface area contributed by atoms with Crippen LogP contribution in [0.1, 0.15) is 36.8 Å². The largest absolute Gasteiger partial charge is 0.508 e. The number of carbonyl (C=O) groups excluding carboxylic acids is 1. The molecular formula is C13H14BrNO2. The van der Waals surface area contributed by atoms with Crippen molar-refractivity contribution in [1.82, 2.24) is 0 Å². The number of rotatable bonds is 2. The van der Waals surface area contributed by atoms with Crippen LogP contribution >= 0.6 is 15.9 Å². The molecule has 0 aliphatic heterocycles. The number of isocyanates is 1. The number of hydrogen-bond acceptors (Lipinski definition) is 3. The van der Waals surface area contributed by atoms with Crippen LogP contribution in [0.4, 0.5) is 0 Å². The molecule has 1 aliphatic carbocycles. The molecule has 17 heavy (non-hydrogen) atoms. The first-order chi connectivity index (χ1) is 8.09. The molecule has 0 radical (unpaired) electrons. The molecule has 0 saturated heterocycles. The quantitative estimate of drug-likeness (QED) is 0.670. The predicted octanol–water partition coefficient (Wildman–Crippen LogP) is 3.57. The van der Waals surface area contributed by atoms with E-state index >= 15 is 0 Å². The fourth-order valence-corrected chi connectivity index (χ4v) is 2.87. The normalized spacial score (nSPS) is 17.8. The number of aryl methyl sites for hydroxylation is 1. The van der Waals surface area contributed by atoms with E-state index in [2.05, 4.69) is 20.9 Å². The standard InChI is InChI=1S/C13H14BrNO2/c1-9-6-12(17)10(7-11(9)14)13(15-8-16)4-2-3-5-13/h6-7,17H,2-5H2,1H3. The minimum absolute atomic E-state index is 0.214. The maximum absolute atomic E-state index is 10.6. The molecule has 0 heterocycles. The van der Waals surface area contributed by atoms with Gasteiger partial charge >= 0.3 is 0 Å². The van der Waals surface area contributed by atoms with Crippen LogP contribution in [-0.2, 0) is 10.3 Å². The third-order valence-corrected chi connectivity index (χ3v) is 4.32. The Balaban J connectivity index is 2.57. The lowest BCUT2D eigenvalue weighted by molar-refractivity contribution is 0.408. The Kier molecular flexibility index (Phi) is 3.36. The van der Waals surface area contributed by atoms with Crippen LogP contribution in [0, 0.1) is 6.92 Å². The molecule has 1 aromatic rings. The van der Waals surface area contributed by atoms with Crippen LogP contribution in [0.25, 0.3) is 0 Å². The van der Waals surface area contributed by atoms with Gasteiger partial charge in [-0.3, -0.25) is 0 Å². The molecule has 1 fully saturated rings. The van der Waals surface area contributed by atoms with Gasteiger partial charge in [0.15, 0.2) is 0 Å². The van der Waals surface area contributed by atoms with Gasteiger partial charge in [0.25, 0.3) is 0 Å². The fraction of sp³-hybridized carbons (Fsp3) is 0.462. The molecule has 2 rings (SSSR count). The van der Waals surface area contributed by atoms with E-state index in [0.717, 1.165) is 41.3 Å². The van der Waals surface area contributed by atoms with E-state index in [4.69, 9.17) is 0 Å². The van der Waals surface area contributed by atoms with E-state index in [0.29, 0.717) is 0 Å². The highest BCUT2D eigenvalue weighted by Crippen LogP contribution is 2.46. The van der Waals surface area contributed by atoms with Crippen molar-refractivity contribution in [2.24, 2.45) is 4.99 Å². The summed E-state index contributed by atoms with van der Waals surface area (Å²) in [5, 5.41) is 10.1. The molecule has 0 amide bonds. The fourth-order valence-electron chi connectivity index (χ4n) is 2.53. The van der Waals surface area contributed by atoms with Crippen molar-refractivity contribution >= 4 is 22.0 Å². The minimum Gasteiger partial charge on any atom is -0.508 e. The molecule has 3 nitrogen and oxygen atoms in total. The first kappa shape index (κ1) is 12.3. The Hall–Kier alpha value is -1.12. The summed E-state index contributed by atoms with van der Waals surface area (Å²) >= 11 is 3.45. The molecule has 90 valence electrons. The lowest BCUT2D eigenvalue weighted by Crippen LogP contribution is -2.19. The summed E-state index contributed by atoms with van der Waals surface area (Å²) in [4.78, 5) is 14.6. The summed E-state index contributed by atoms with van der Waals surface area (Å²) in [5.74, 6) is 0.214. The number of benzene rings is 1. The summed E-state index contributed by atoms with van der Waals surface area (Å²) in [6, 6.07) is 3.58. The number of aromatic hydroxyl groups is 1. The van der Waals surface area contributed by atoms with Gasteiger partial charge in [-0.25, -0.2) is 4.79 Å². The van der Waals surface area contributed by atoms with Crippen molar-refractivity contribution in [3.8, 4) is 5.75 Å². The molecule has 0 atom stereocenters. The van der Waals surface area contributed by atoms with Gasteiger partial charge in [-0.1, -0.05) is 28.8 Å². The molecule has 0 spiro atoms. The van der Waals surface area contributed by atoms with Crippen molar-refractivity contribution in [2.45, 2.75) is 38.1 Å². The molecule has 1 saturated carbocycles. The van der Waals surface area contributed by atoms with Crippen LogP contribution < -0.4 is 0 Å². The average molecular weight is 296 g/mol. The third-order valence-electron chi connectivity index (χ3n) is 3.47. The molecule has 1 aliphatic rings. The van der Waals surface area contributed by atoms with E-state index < -0.39 is 5.54 Å². The molecular weight excluding hydrogens is 282 g/mol. The second kappa shape index (κ2) is 4.63. The number of phenols is 1. The number of nitrogens with zero attached hydrogens (tertiary/aromatic N) is 1. The monoisotopic (exact) mass is 295 g/mol. The Morgan fingerprint density at radius 2 is 2.06 bits per heavy atom. The second-order valence-electron chi connectivity index (χ2n) is 4.56. The smallest absolute Gasteiger partial charge is 0.235 e. The van der Waals surface area contributed by atoms with Crippen molar-refractivity contribution in [3.05, 3.63) is 27.7 Å². The topological polar surface area (TPSA) is 49.7 Å². The summed E-state index contributed by atoms with van der Waals surface area (Å²) in [6.45, 7) is 1.91. The molecule has 1 N–H and O–H groups in total. The lowest BCUT2D eigenvalue weighted by Gasteiger charge is -2.24. The Morgan fingerprint density at radius 1 is 1.41 bits per heavy atom. The van der Waals surface area contributed by atoms with Crippen LogP contribution in [-0.4, -0.2) is 11.2 Å². The number of aliphatic imine (C=N–C) groups is 1. The zero-order valence-electron chi connectivity index (χ0n) is 9.66. The molecule has 0 unspecified atom stereocenters. The first-order valence-corrected chi connectivity index (χ1v) is 6.47. The van der Waals surface area contributed by atoms with Crippen LogP contribution in [0.2, 0.25) is 0 Å². The predicted molar refractivity (Wildman–Crippen MR) is 68.8 cm³/mol. The Bertz CT molecular complexity index is 486. The molecule has 1 aromatic carbocycles. The van der Waals surface area contributed by atoms with Gasteiger partial charge in [-0.2, -0.15) is 4.99 Å². The van der Waals surface area contributed by atoms with E-state index in [9.17, 15) is 9.90 Å². The van der Waals surface area contributed by atoms with Crippen LogP contribution in [0.5, 0.6) is 5.75 Å². The number of hydrogen-bond donors (Lipinski definition) is 1. The third kappa shape index (κ3) is 2.15. The summed E-state index contributed by atoms with van der Waals surface area (Å²) in [5.41, 5.74) is 1.13. The maximum Gasteiger partial charge on any atom is 0.235 e. The number of phenolic OH excluding ortho intramolecular Hbond substituents is 1. The van der Waals surface area contributed by atoms with Crippen molar-refractivity contribution in [3.63, 3.8) is 0 Å². The molecule has 0 aromatic heterocycles. The van der Waals surface area contributed by atoms with Gasteiger partial charge in [-0.15, -0.1) is 0 Å².